The molecule has 1 atom stereocenters. The maximum Gasteiger partial charge on any atom is 0.159 e. The van der Waals surface area contributed by atoms with Gasteiger partial charge in [0, 0.05) is 20.3 Å². The summed E-state index contributed by atoms with van der Waals surface area (Å²) in [6.07, 6.45) is 1.65. The molecule has 0 amide bonds. The van der Waals surface area contributed by atoms with Crippen molar-refractivity contribution in [3.63, 3.8) is 0 Å². The summed E-state index contributed by atoms with van der Waals surface area (Å²) in [6, 6.07) is 9.99. The first-order valence-corrected chi connectivity index (χ1v) is 8.27. The van der Waals surface area contributed by atoms with E-state index in [-0.39, 0.29) is 6.04 Å². The Labute approximate surface area is 136 Å². The van der Waals surface area contributed by atoms with E-state index in [4.69, 9.17) is 5.73 Å². The molecule has 0 aromatic heterocycles. The van der Waals surface area contributed by atoms with Crippen molar-refractivity contribution in [2.24, 2.45) is 5.73 Å². The molecule has 0 aliphatic carbocycles. The van der Waals surface area contributed by atoms with E-state index in [9.17, 15) is 8.78 Å². The molecule has 0 saturated carbocycles. The van der Waals surface area contributed by atoms with Crippen molar-refractivity contribution in [2.45, 2.75) is 35.6 Å². The number of benzene rings is 2. The van der Waals surface area contributed by atoms with Crippen LogP contribution in [0.2, 0.25) is 0 Å². The van der Waals surface area contributed by atoms with E-state index >= 15 is 0 Å². The Bertz CT molecular complexity index is 634. The first kappa shape index (κ1) is 16.5. The molecule has 0 aliphatic rings. The molecule has 0 spiro atoms. The van der Waals surface area contributed by atoms with Gasteiger partial charge in [-0.25, -0.2) is 8.78 Å². The van der Waals surface area contributed by atoms with Crippen LogP contribution in [0.4, 0.5) is 8.78 Å². The number of hydrogen-bond acceptors (Lipinski definition) is 2. The maximum atomic E-state index is 13.3. The molecule has 1 unspecified atom stereocenters. The van der Waals surface area contributed by atoms with Gasteiger partial charge in [-0.2, -0.15) is 0 Å². The predicted octanol–water partition coefficient (Wildman–Crippen LogP) is 5.16. The molecule has 0 fully saturated rings. The lowest BCUT2D eigenvalue weighted by Crippen LogP contribution is -2.21. The van der Waals surface area contributed by atoms with Gasteiger partial charge in [-0.05, 0) is 48.7 Å². The Morgan fingerprint density at radius 3 is 2.57 bits per heavy atom. The Balaban J connectivity index is 2.28. The molecule has 0 saturated heterocycles. The Hall–Kier alpha value is -0.910. The second kappa shape index (κ2) is 7.38. The van der Waals surface area contributed by atoms with E-state index < -0.39 is 11.6 Å². The second-order valence-corrected chi connectivity index (χ2v) is 6.83. The zero-order valence-corrected chi connectivity index (χ0v) is 14.0. The van der Waals surface area contributed by atoms with Crippen molar-refractivity contribution in [2.75, 3.05) is 0 Å². The highest BCUT2D eigenvalue weighted by Gasteiger charge is 2.10. The van der Waals surface area contributed by atoms with Crippen LogP contribution in [-0.2, 0) is 6.42 Å². The third kappa shape index (κ3) is 4.53. The number of hydrogen-bond donors (Lipinski definition) is 1. The SMILES string of the molecule is CCC(N)Cc1ccc(Br)cc1Sc1ccc(F)c(F)c1. The minimum atomic E-state index is -0.832. The van der Waals surface area contributed by atoms with Crippen LogP contribution in [-0.4, -0.2) is 6.04 Å². The van der Waals surface area contributed by atoms with Gasteiger partial charge in [-0.15, -0.1) is 0 Å². The van der Waals surface area contributed by atoms with Crippen LogP contribution in [0.15, 0.2) is 50.7 Å². The third-order valence-electron chi connectivity index (χ3n) is 3.15. The Morgan fingerprint density at radius 2 is 1.90 bits per heavy atom. The van der Waals surface area contributed by atoms with Crippen molar-refractivity contribution in [1.29, 1.82) is 0 Å². The topological polar surface area (TPSA) is 26.0 Å². The standard InChI is InChI=1S/C16H16BrF2NS/c1-2-12(20)7-10-3-4-11(17)8-16(10)21-13-5-6-14(18)15(19)9-13/h3-6,8-9,12H,2,7,20H2,1H3. The summed E-state index contributed by atoms with van der Waals surface area (Å²) in [4.78, 5) is 1.66. The summed E-state index contributed by atoms with van der Waals surface area (Å²) in [7, 11) is 0. The number of rotatable bonds is 5. The van der Waals surface area contributed by atoms with Crippen molar-refractivity contribution in [3.8, 4) is 0 Å². The molecule has 2 aromatic carbocycles. The van der Waals surface area contributed by atoms with Gasteiger partial charge in [0.25, 0.3) is 0 Å². The van der Waals surface area contributed by atoms with Crippen LogP contribution >= 0.6 is 27.7 Å². The molecule has 112 valence electrons. The van der Waals surface area contributed by atoms with E-state index in [0.717, 1.165) is 33.8 Å². The molecular weight excluding hydrogens is 356 g/mol. The van der Waals surface area contributed by atoms with Gasteiger partial charge in [0.15, 0.2) is 11.6 Å². The maximum absolute atomic E-state index is 13.3. The molecule has 0 aliphatic heterocycles. The largest absolute Gasteiger partial charge is 0.327 e. The van der Waals surface area contributed by atoms with Crippen LogP contribution in [0.1, 0.15) is 18.9 Å². The fourth-order valence-corrected chi connectivity index (χ4v) is 3.42. The molecule has 2 N–H and O–H groups in total. The van der Waals surface area contributed by atoms with Crippen LogP contribution < -0.4 is 5.73 Å². The van der Waals surface area contributed by atoms with Crippen molar-refractivity contribution < 1.29 is 8.78 Å². The zero-order chi connectivity index (χ0) is 15.4. The number of nitrogens with two attached hydrogens (primary N) is 1. The molecule has 0 radical (unpaired) electrons. The molecule has 0 heterocycles. The average Bonchev–Trinajstić information content (AvgIpc) is 2.45. The molecule has 21 heavy (non-hydrogen) atoms. The first-order chi connectivity index (χ1) is 9.99. The van der Waals surface area contributed by atoms with E-state index in [1.807, 2.05) is 25.1 Å². The fraction of sp³-hybridized carbons (Fsp3) is 0.250. The lowest BCUT2D eigenvalue weighted by atomic mass is 10.1. The number of halogens is 3. The van der Waals surface area contributed by atoms with Gasteiger partial charge in [0.1, 0.15) is 0 Å². The quantitative estimate of drug-likeness (QED) is 0.785. The summed E-state index contributed by atoms with van der Waals surface area (Å²) in [5.74, 6) is -1.66. The van der Waals surface area contributed by atoms with Gasteiger partial charge in [-0.1, -0.05) is 40.7 Å². The summed E-state index contributed by atoms with van der Waals surface area (Å²) < 4.78 is 27.2. The summed E-state index contributed by atoms with van der Waals surface area (Å²) in [5, 5.41) is 0. The van der Waals surface area contributed by atoms with Crippen molar-refractivity contribution in [1.82, 2.24) is 0 Å². The highest BCUT2D eigenvalue weighted by atomic mass is 79.9. The monoisotopic (exact) mass is 371 g/mol. The Kier molecular flexibility index (Phi) is 5.79. The zero-order valence-electron chi connectivity index (χ0n) is 11.6. The molecule has 0 bridgehead atoms. The normalized spacial score (nSPS) is 12.4. The highest BCUT2D eigenvalue weighted by Crippen LogP contribution is 2.33. The molecule has 1 nitrogen and oxygen atoms in total. The molecular formula is C16H16BrF2NS. The van der Waals surface area contributed by atoms with Crippen molar-refractivity contribution in [3.05, 3.63) is 58.1 Å². The van der Waals surface area contributed by atoms with Gasteiger partial charge >= 0.3 is 0 Å². The van der Waals surface area contributed by atoms with E-state index in [0.29, 0.717) is 4.90 Å². The van der Waals surface area contributed by atoms with Crippen molar-refractivity contribution >= 4 is 27.7 Å². The molecule has 5 heteroatoms. The predicted molar refractivity (Wildman–Crippen MR) is 86.6 cm³/mol. The van der Waals surface area contributed by atoms with Gasteiger partial charge in [0.2, 0.25) is 0 Å². The van der Waals surface area contributed by atoms with Crippen LogP contribution in [0, 0.1) is 11.6 Å². The lowest BCUT2D eigenvalue weighted by molar-refractivity contribution is 0.506. The van der Waals surface area contributed by atoms with Crippen LogP contribution in [0.5, 0.6) is 0 Å². The van der Waals surface area contributed by atoms with Crippen LogP contribution in [0.3, 0.4) is 0 Å². The fourth-order valence-electron chi connectivity index (χ4n) is 1.89. The van der Waals surface area contributed by atoms with E-state index in [1.165, 1.54) is 17.8 Å². The first-order valence-electron chi connectivity index (χ1n) is 6.66. The summed E-state index contributed by atoms with van der Waals surface area (Å²) in [6.45, 7) is 2.05. The van der Waals surface area contributed by atoms with E-state index in [2.05, 4.69) is 15.9 Å². The molecule has 2 rings (SSSR count). The second-order valence-electron chi connectivity index (χ2n) is 4.80. The summed E-state index contributed by atoms with van der Waals surface area (Å²) in [5.41, 5.74) is 7.13. The third-order valence-corrected chi connectivity index (χ3v) is 4.74. The average molecular weight is 372 g/mol. The minimum Gasteiger partial charge on any atom is -0.327 e. The minimum absolute atomic E-state index is 0.0930. The summed E-state index contributed by atoms with van der Waals surface area (Å²) >= 11 is 4.85. The van der Waals surface area contributed by atoms with Gasteiger partial charge in [0.05, 0.1) is 0 Å². The highest BCUT2D eigenvalue weighted by molar-refractivity contribution is 9.10. The van der Waals surface area contributed by atoms with Gasteiger partial charge in [-0.3, -0.25) is 0 Å². The van der Waals surface area contributed by atoms with E-state index in [1.54, 1.807) is 6.07 Å². The van der Waals surface area contributed by atoms with Gasteiger partial charge < -0.3 is 5.73 Å². The van der Waals surface area contributed by atoms with Crippen LogP contribution in [0.25, 0.3) is 0 Å². The Morgan fingerprint density at radius 1 is 1.14 bits per heavy atom. The lowest BCUT2D eigenvalue weighted by Gasteiger charge is -2.13. The smallest absolute Gasteiger partial charge is 0.159 e. The molecule has 2 aromatic rings.